The topological polar surface area (TPSA) is 195 Å². The second-order valence-electron chi connectivity index (χ2n) is 36.4. The molecule has 2 N–H and O–H groups in total. The molecule has 132 heavy (non-hydrogen) atoms. The fourth-order valence-electron chi connectivity index (χ4n) is 15.6. The van der Waals surface area contributed by atoms with Gasteiger partial charge >= 0.3 is 12.1 Å². The summed E-state index contributed by atoms with van der Waals surface area (Å²) in [6, 6.07) is 56.4. The Balaban J connectivity index is 0.994. The van der Waals surface area contributed by atoms with E-state index >= 15 is 0 Å². The zero-order valence-electron chi connectivity index (χ0n) is 81.8. The van der Waals surface area contributed by atoms with Crippen LogP contribution in [-0.4, -0.2) is 69.7 Å². The van der Waals surface area contributed by atoms with Crippen molar-refractivity contribution in [1.29, 1.82) is 0 Å². The summed E-state index contributed by atoms with van der Waals surface area (Å²) in [4.78, 5) is 38.6. The lowest BCUT2D eigenvalue weighted by Gasteiger charge is -2.23. The van der Waals surface area contributed by atoms with Crippen molar-refractivity contribution >= 4 is 18.0 Å². The van der Waals surface area contributed by atoms with Crippen molar-refractivity contribution in [3.8, 4) is 63.2 Å². The van der Waals surface area contributed by atoms with Gasteiger partial charge in [-0.25, -0.2) is 4.79 Å². The Kier molecular flexibility index (Phi) is 53.7. The van der Waals surface area contributed by atoms with Crippen molar-refractivity contribution in [1.82, 2.24) is 10.6 Å². The number of ether oxygens (including phenoxy) is 13. The first-order valence-corrected chi connectivity index (χ1v) is 50.7. The van der Waals surface area contributed by atoms with Crippen molar-refractivity contribution < 1.29 is 76.0 Å². The highest BCUT2D eigenvalue weighted by Crippen LogP contribution is 2.36. The number of hydrogen-bond acceptors (Lipinski definition) is 16. The predicted octanol–water partition coefficient (Wildman–Crippen LogP) is 29.7. The van der Waals surface area contributed by atoms with Gasteiger partial charge in [0.15, 0.2) is 23.0 Å². The molecule has 0 fully saturated rings. The summed E-state index contributed by atoms with van der Waals surface area (Å²) in [6.45, 7) is 18.3. The Morgan fingerprint density at radius 3 is 0.826 bits per heavy atom. The first-order valence-electron chi connectivity index (χ1n) is 50.7. The highest BCUT2D eigenvalue weighted by atomic mass is 16.6. The summed E-state index contributed by atoms with van der Waals surface area (Å²) in [5.74, 6) is 6.07. The van der Waals surface area contributed by atoms with Gasteiger partial charge in [0.2, 0.25) is 5.91 Å². The van der Waals surface area contributed by atoms with Crippen LogP contribution in [0.25, 0.3) is 0 Å². The minimum Gasteiger partial charge on any atom is -0.494 e. The van der Waals surface area contributed by atoms with Crippen LogP contribution in [0.5, 0.6) is 63.2 Å². The number of alkyl carbamates (subject to hydrolysis) is 1. The van der Waals surface area contributed by atoms with Gasteiger partial charge < -0.3 is 72.2 Å². The molecule has 0 saturated heterocycles. The van der Waals surface area contributed by atoms with E-state index in [1.807, 2.05) is 115 Å². The number of methoxy groups -OCH3 is 1. The number of carbonyl (C=O) groups is 3. The molecule has 8 rings (SSSR count). The van der Waals surface area contributed by atoms with E-state index in [-0.39, 0.29) is 46.0 Å². The zero-order chi connectivity index (χ0) is 93.4. The molecule has 0 heterocycles. The molecule has 0 spiro atoms. The number of rotatable bonds is 75. The maximum atomic E-state index is 13.5. The molecule has 0 saturated carbocycles. The quantitative estimate of drug-likeness (QED) is 0.0270. The number of benzene rings is 8. The van der Waals surface area contributed by atoms with E-state index in [9.17, 15) is 14.4 Å². The molecule has 18 heteroatoms. The summed E-state index contributed by atoms with van der Waals surface area (Å²) in [5, 5.41) is 5.23. The molecule has 0 aliphatic carbocycles. The number of amides is 2. The SMILES string of the molecule is CCCCCCCCCCCCOc1ccc(COc2ccc(COc3cc(COc4ccc(CC(NC(=O)OC(C)(C)C)C(=O)NCC(=O)OC)cc4)cc(OCc4ccc(OCc5ccc(OCCCCCCCCCCCC)cc5)c(OCc5ccc(OCCCCCCCCCCCC)cc5)c4)c3)cc2OCc2ccc(OCCCCCCCCCCCC)cc2)cc1. The highest BCUT2D eigenvalue weighted by molar-refractivity contribution is 5.88. The zero-order valence-corrected chi connectivity index (χ0v) is 81.8. The Morgan fingerprint density at radius 2 is 0.523 bits per heavy atom. The average molecular weight is 1820 g/mol. The van der Waals surface area contributed by atoms with Gasteiger partial charge in [-0.15, -0.1) is 0 Å². The van der Waals surface area contributed by atoms with Crippen molar-refractivity contribution in [3.63, 3.8) is 0 Å². The average Bonchev–Trinajstić information content (AvgIpc) is 0.831. The van der Waals surface area contributed by atoms with Crippen LogP contribution in [0.2, 0.25) is 0 Å². The van der Waals surface area contributed by atoms with Gasteiger partial charge in [-0.2, -0.15) is 0 Å². The minimum atomic E-state index is -1.08. The number of unbranched alkanes of at least 4 members (excludes halogenated alkanes) is 36. The van der Waals surface area contributed by atoms with Gasteiger partial charge in [-0.1, -0.05) is 332 Å². The maximum absolute atomic E-state index is 13.5. The molecule has 0 bridgehead atoms. The van der Waals surface area contributed by atoms with Gasteiger partial charge in [-0.05, 0) is 188 Å². The molecule has 0 radical (unpaired) electrons. The summed E-state index contributed by atoms with van der Waals surface area (Å²) < 4.78 is 81.8. The Labute approximate surface area is 793 Å². The van der Waals surface area contributed by atoms with E-state index in [0.717, 1.165) is 87.6 Å². The fraction of sp³-hybridized carbons (Fsp3) is 0.553. The molecule has 18 nitrogen and oxygen atoms in total. The van der Waals surface area contributed by atoms with Crippen molar-refractivity contribution in [2.24, 2.45) is 0 Å². The molecule has 0 aliphatic heterocycles. The molecule has 0 aromatic heterocycles. The van der Waals surface area contributed by atoms with E-state index < -0.39 is 29.6 Å². The third-order valence-corrected chi connectivity index (χ3v) is 23.5. The van der Waals surface area contributed by atoms with Gasteiger partial charge in [0.05, 0.1) is 33.5 Å². The first kappa shape index (κ1) is 107. The first-order chi connectivity index (χ1) is 64.6. The molecule has 2 amide bonds. The minimum absolute atomic E-state index is 0.0834. The third-order valence-electron chi connectivity index (χ3n) is 23.5. The van der Waals surface area contributed by atoms with E-state index in [4.69, 9.17) is 61.6 Å². The number of nitrogens with one attached hydrogen (secondary N) is 2. The van der Waals surface area contributed by atoms with Gasteiger partial charge in [0.1, 0.15) is 105 Å². The molecule has 1 unspecified atom stereocenters. The lowest BCUT2D eigenvalue weighted by atomic mass is 10.1. The number of esters is 1. The smallest absolute Gasteiger partial charge is 0.408 e. The van der Waals surface area contributed by atoms with Crippen molar-refractivity contribution in [3.05, 3.63) is 220 Å². The fourth-order valence-corrected chi connectivity index (χ4v) is 15.6. The summed E-state index contributed by atoms with van der Waals surface area (Å²) >= 11 is 0. The Bertz CT molecular complexity index is 4140. The predicted molar refractivity (Wildman–Crippen MR) is 533 cm³/mol. The molecular weight excluding hydrogens is 1650 g/mol. The van der Waals surface area contributed by atoms with Gasteiger partial charge in [0.25, 0.3) is 0 Å². The largest absolute Gasteiger partial charge is 0.494 e. The van der Waals surface area contributed by atoms with E-state index in [0.29, 0.717) is 85.5 Å². The maximum Gasteiger partial charge on any atom is 0.408 e. The van der Waals surface area contributed by atoms with Gasteiger partial charge in [0, 0.05) is 12.5 Å². The van der Waals surface area contributed by atoms with Crippen LogP contribution in [0.4, 0.5) is 4.79 Å². The van der Waals surface area contributed by atoms with Crippen LogP contribution < -0.4 is 62.7 Å². The molecule has 1 atom stereocenters. The summed E-state index contributed by atoms with van der Waals surface area (Å²) in [6.07, 6.45) is 50.4. The van der Waals surface area contributed by atoms with Crippen LogP contribution in [0.1, 0.15) is 350 Å². The van der Waals surface area contributed by atoms with Crippen molar-refractivity contribution in [2.45, 2.75) is 370 Å². The lowest BCUT2D eigenvalue weighted by Crippen LogP contribution is -2.50. The second kappa shape index (κ2) is 66.2. The molecule has 8 aromatic rings. The monoisotopic (exact) mass is 1820 g/mol. The number of hydrogen-bond donors (Lipinski definition) is 2. The molecule has 724 valence electrons. The van der Waals surface area contributed by atoms with Crippen molar-refractivity contribution in [2.75, 3.05) is 40.1 Å². The van der Waals surface area contributed by atoms with Crippen LogP contribution >= 0.6 is 0 Å². The van der Waals surface area contributed by atoms with Crippen LogP contribution in [-0.2, 0) is 71.7 Å². The Morgan fingerprint density at radius 1 is 0.265 bits per heavy atom. The summed E-state index contributed by atoms with van der Waals surface area (Å²) in [5.41, 5.74) is 6.28. The van der Waals surface area contributed by atoms with E-state index in [2.05, 4.69) is 86.9 Å². The highest BCUT2D eigenvalue weighted by Gasteiger charge is 2.26. The number of carbonyl (C=O) groups excluding carboxylic acids is 3. The molecular formula is C114H162N2O16. The second-order valence-corrected chi connectivity index (χ2v) is 36.4. The summed E-state index contributed by atoms with van der Waals surface area (Å²) in [7, 11) is 1.24. The van der Waals surface area contributed by atoms with Gasteiger partial charge in [-0.3, -0.25) is 9.59 Å². The third kappa shape index (κ3) is 47.4. The normalized spacial score (nSPS) is 11.5. The van der Waals surface area contributed by atoms with E-state index in [1.54, 1.807) is 32.9 Å². The molecule has 0 aliphatic rings. The lowest BCUT2D eigenvalue weighted by molar-refractivity contribution is -0.141. The standard InChI is InChI=1S/C114H162N2O16/c1-9-13-17-21-25-29-33-37-41-45-73-121-99-63-51-92(52-64-99)84-128-107-71-59-96(80-109(107)130-86-94-55-67-101(68-56-94)123-75-47-43-39-35-31-27-23-19-15-11-3)88-126-104-77-98(90-125-103-61-49-91(50-62-103)79-106(112(118)115-83-111(117)120-8)116-113(119)132-114(5,6)7)78-105(82-104)127-89-97-60-72-108(129-85-93-53-65-100(66-54-93)122-74-46-42-38-34-30-26-22-18-14-10-2)110(81-97)131-87-95-57-69-102(70-58-95)124-76-48-44-40-36-32-28-24-20-16-12-4/h49-72,77-78,80-82,106H,9-48,73-76,79,83-90H2,1-8H3,(H,115,118)(H,116,119). The Hall–Kier alpha value is -10.2. The van der Waals surface area contributed by atoms with Crippen LogP contribution in [0, 0.1) is 0 Å². The van der Waals surface area contributed by atoms with Crippen LogP contribution in [0.15, 0.2) is 176 Å². The molecule has 8 aromatic carbocycles. The van der Waals surface area contributed by atoms with E-state index in [1.165, 1.54) is 238 Å². The van der Waals surface area contributed by atoms with Crippen LogP contribution in [0.3, 0.4) is 0 Å².